The molecule has 0 saturated carbocycles. The smallest absolute Gasteiger partial charge is 0.241 e. The Hall–Kier alpha value is 0.0500. The zero-order valence-corrected chi connectivity index (χ0v) is 12.6. The lowest BCUT2D eigenvalue weighted by Gasteiger charge is -2.13. The van der Waals surface area contributed by atoms with Gasteiger partial charge in [-0.25, -0.2) is 13.1 Å². The fourth-order valence-electron chi connectivity index (χ4n) is 1.07. The Labute approximate surface area is 112 Å². The van der Waals surface area contributed by atoms with Gasteiger partial charge >= 0.3 is 0 Å². The quantitative estimate of drug-likeness (QED) is 0.848. The molecule has 0 fully saturated rings. The van der Waals surface area contributed by atoms with Crippen molar-refractivity contribution < 1.29 is 8.42 Å². The molecule has 1 aromatic rings. The standard InChI is InChI=1S/C9H12Br2N2O2S/c1-6(5-12)13-16(14,15)9-3-2-7(10)4-8(9)11/h2-4,6,13H,5,12H2,1H3/t6-/m1/s1. The highest BCUT2D eigenvalue weighted by Crippen LogP contribution is 2.25. The number of nitrogens with one attached hydrogen (secondary N) is 1. The van der Waals surface area contributed by atoms with Gasteiger partial charge in [-0.3, -0.25) is 0 Å². The van der Waals surface area contributed by atoms with Crippen molar-refractivity contribution in [2.24, 2.45) is 5.73 Å². The van der Waals surface area contributed by atoms with Gasteiger partial charge in [0.05, 0.1) is 4.90 Å². The molecule has 0 aromatic heterocycles. The lowest BCUT2D eigenvalue weighted by molar-refractivity contribution is 0.562. The third kappa shape index (κ3) is 3.53. The molecule has 0 heterocycles. The number of halogens is 2. The van der Waals surface area contributed by atoms with Crippen LogP contribution in [-0.2, 0) is 10.0 Å². The number of benzene rings is 1. The Morgan fingerprint density at radius 1 is 1.44 bits per heavy atom. The van der Waals surface area contributed by atoms with E-state index in [2.05, 4.69) is 36.6 Å². The number of sulfonamides is 1. The van der Waals surface area contributed by atoms with Crippen LogP contribution < -0.4 is 10.5 Å². The third-order valence-electron chi connectivity index (χ3n) is 1.89. The van der Waals surface area contributed by atoms with Crippen LogP contribution in [-0.4, -0.2) is 21.0 Å². The minimum atomic E-state index is -3.52. The first-order valence-corrected chi connectivity index (χ1v) is 7.61. The van der Waals surface area contributed by atoms with Gasteiger partial charge in [-0.2, -0.15) is 0 Å². The minimum absolute atomic E-state index is 0.205. The average molecular weight is 372 g/mol. The van der Waals surface area contributed by atoms with Crippen molar-refractivity contribution in [1.82, 2.24) is 4.72 Å². The number of hydrogen-bond acceptors (Lipinski definition) is 3. The van der Waals surface area contributed by atoms with Crippen molar-refractivity contribution >= 4 is 41.9 Å². The van der Waals surface area contributed by atoms with Gasteiger partial charge in [-0.15, -0.1) is 0 Å². The molecule has 0 saturated heterocycles. The molecule has 4 nitrogen and oxygen atoms in total. The van der Waals surface area contributed by atoms with Gasteiger partial charge in [-0.1, -0.05) is 15.9 Å². The van der Waals surface area contributed by atoms with Crippen LogP contribution in [0.15, 0.2) is 32.0 Å². The topological polar surface area (TPSA) is 72.2 Å². The molecule has 0 unspecified atom stereocenters. The Morgan fingerprint density at radius 2 is 2.06 bits per heavy atom. The highest BCUT2D eigenvalue weighted by molar-refractivity contribution is 9.11. The van der Waals surface area contributed by atoms with Gasteiger partial charge in [0.25, 0.3) is 0 Å². The molecule has 1 rings (SSSR count). The van der Waals surface area contributed by atoms with E-state index in [1.165, 1.54) is 6.07 Å². The molecule has 0 aliphatic carbocycles. The zero-order chi connectivity index (χ0) is 12.3. The second-order valence-corrected chi connectivity index (χ2v) is 6.79. The summed E-state index contributed by atoms with van der Waals surface area (Å²) in [6, 6.07) is 4.59. The first-order chi connectivity index (χ1) is 7.36. The molecule has 3 N–H and O–H groups in total. The molecule has 0 spiro atoms. The molecule has 90 valence electrons. The van der Waals surface area contributed by atoms with E-state index >= 15 is 0 Å². The molecular weight excluding hydrogens is 360 g/mol. The van der Waals surface area contributed by atoms with E-state index in [0.717, 1.165) is 4.47 Å². The van der Waals surface area contributed by atoms with Crippen molar-refractivity contribution in [2.75, 3.05) is 6.54 Å². The van der Waals surface area contributed by atoms with Crippen LogP contribution in [0.4, 0.5) is 0 Å². The summed E-state index contributed by atoms with van der Waals surface area (Å²) in [5.74, 6) is 0. The molecule has 16 heavy (non-hydrogen) atoms. The van der Waals surface area contributed by atoms with Gasteiger partial charge in [0.2, 0.25) is 10.0 Å². The summed E-state index contributed by atoms with van der Waals surface area (Å²) in [4.78, 5) is 0.205. The molecular formula is C9H12Br2N2O2S. The maximum absolute atomic E-state index is 11.9. The zero-order valence-electron chi connectivity index (χ0n) is 8.57. The van der Waals surface area contributed by atoms with E-state index in [-0.39, 0.29) is 17.5 Å². The van der Waals surface area contributed by atoms with Crippen LogP contribution in [0.1, 0.15) is 6.92 Å². The second-order valence-electron chi connectivity index (χ2n) is 3.33. The molecule has 0 aliphatic heterocycles. The largest absolute Gasteiger partial charge is 0.329 e. The SMILES string of the molecule is C[C@H](CN)NS(=O)(=O)c1ccc(Br)cc1Br. The first kappa shape index (κ1) is 14.1. The summed E-state index contributed by atoms with van der Waals surface area (Å²) in [6.45, 7) is 1.97. The molecule has 1 aromatic carbocycles. The Balaban J connectivity index is 3.08. The molecule has 0 aliphatic rings. The van der Waals surface area contributed by atoms with Crippen LogP contribution in [0.3, 0.4) is 0 Å². The van der Waals surface area contributed by atoms with Gasteiger partial charge in [-0.05, 0) is 41.1 Å². The van der Waals surface area contributed by atoms with Crippen LogP contribution in [0.2, 0.25) is 0 Å². The highest BCUT2D eigenvalue weighted by Gasteiger charge is 2.19. The highest BCUT2D eigenvalue weighted by atomic mass is 79.9. The van der Waals surface area contributed by atoms with E-state index in [4.69, 9.17) is 5.73 Å². The van der Waals surface area contributed by atoms with Gasteiger partial charge < -0.3 is 5.73 Å². The lowest BCUT2D eigenvalue weighted by Crippen LogP contribution is -2.37. The first-order valence-electron chi connectivity index (χ1n) is 4.54. The van der Waals surface area contributed by atoms with Crippen LogP contribution in [0, 0.1) is 0 Å². The van der Waals surface area contributed by atoms with Crippen molar-refractivity contribution in [3.63, 3.8) is 0 Å². The molecule has 1 atom stereocenters. The summed E-state index contributed by atoms with van der Waals surface area (Å²) < 4.78 is 27.7. The number of nitrogens with two attached hydrogens (primary N) is 1. The van der Waals surface area contributed by atoms with Crippen molar-refractivity contribution in [2.45, 2.75) is 17.9 Å². The average Bonchev–Trinajstić information content (AvgIpc) is 2.16. The van der Waals surface area contributed by atoms with E-state index in [1.54, 1.807) is 19.1 Å². The number of hydrogen-bond donors (Lipinski definition) is 2. The summed E-state index contributed by atoms with van der Waals surface area (Å²) in [6.07, 6.45) is 0. The van der Waals surface area contributed by atoms with Gasteiger partial charge in [0.1, 0.15) is 0 Å². The number of rotatable bonds is 4. The normalized spacial score (nSPS) is 13.8. The minimum Gasteiger partial charge on any atom is -0.329 e. The molecule has 0 amide bonds. The van der Waals surface area contributed by atoms with E-state index < -0.39 is 10.0 Å². The van der Waals surface area contributed by atoms with E-state index in [0.29, 0.717) is 4.47 Å². The second kappa shape index (κ2) is 5.59. The maximum atomic E-state index is 11.9. The van der Waals surface area contributed by atoms with E-state index in [9.17, 15) is 8.42 Å². The van der Waals surface area contributed by atoms with Crippen LogP contribution >= 0.6 is 31.9 Å². The third-order valence-corrected chi connectivity index (χ3v) is 4.95. The maximum Gasteiger partial charge on any atom is 0.241 e. The Bertz CT molecular complexity index is 476. The van der Waals surface area contributed by atoms with Crippen molar-refractivity contribution in [3.8, 4) is 0 Å². The summed E-state index contributed by atoms with van der Waals surface area (Å²) >= 11 is 6.48. The lowest BCUT2D eigenvalue weighted by atomic mass is 10.4. The predicted octanol–water partition coefficient (Wildman–Crippen LogP) is 1.84. The monoisotopic (exact) mass is 370 g/mol. The van der Waals surface area contributed by atoms with Crippen LogP contribution in [0.25, 0.3) is 0 Å². The van der Waals surface area contributed by atoms with Crippen LogP contribution in [0.5, 0.6) is 0 Å². The Morgan fingerprint density at radius 3 is 2.56 bits per heavy atom. The fraction of sp³-hybridized carbons (Fsp3) is 0.333. The van der Waals surface area contributed by atoms with Crippen molar-refractivity contribution in [1.29, 1.82) is 0 Å². The molecule has 0 bridgehead atoms. The van der Waals surface area contributed by atoms with Gasteiger partial charge in [0, 0.05) is 21.5 Å². The van der Waals surface area contributed by atoms with Gasteiger partial charge in [0.15, 0.2) is 0 Å². The van der Waals surface area contributed by atoms with Crippen molar-refractivity contribution in [3.05, 3.63) is 27.1 Å². The Kier molecular flexibility index (Phi) is 4.93. The predicted molar refractivity (Wildman–Crippen MR) is 70.7 cm³/mol. The van der Waals surface area contributed by atoms with E-state index in [1.807, 2.05) is 0 Å². The summed E-state index contributed by atoms with van der Waals surface area (Å²) in [5, 5.41) is 0. The molecule has 0 radical (unpaired) electrons. The molecule has 7 heteroatoms. The fourth-order valence-corrected chi connectivity index (χ4v) is 4.07. The summed E-state index contributed by atoms with van der Waals surface area (Å²) in [7, 11) is -3.52. The summed E-state index contributed by atoms with van der Waals surface area (Å²) in [5.41, 5.74) is 5.37.